The first kappa shape index (κ1) is 23.6. The molecule has 0 fully saturated rings. The number of hydrogen-bond acceptors (Lipinski definition) is 8. The Morgan fingerprint density at radius 3 is 2.35 bits per heavy atom. The minimum absolute atomic E-state index is 0.00521. The van der Waals surface area contributed by atoms with E-state index >= 15 is 0 Å². The topological polar surface area (TPSA) is 127 Å². The Bertz CT molecular complexity index is 1020. The number of benzene rings is 2. The molecule has 162 valence electrons. The Kier molecular flexibility index (Phi) is 8.72. The van der Waals surface area contributed by atoms with Gasteiger partial charge in [-0.25, -0.2) is 4.79 Å². The van der Waals surface area contributed by atoms with Gasteiger partial charge in [-0.2, -0.15) is 5.26 Å². The zero-order chi connectivity index (χ0) is 22.8. The SMILES string of the molecule is COc1cc(NC(C)=O)c(C(=O)OCC(=O)Nc2ccccc2SCC#N)cc1OC. The lowest BCUT2D eigenvalue weighted by molar-refractivity contribution is -0.119. The Morgan fingerprint density at radius 2 is 1.71 bits per heavy atom. The summed E-state index contributed by atoms with van der Waals surface area (Å²) in [6, 6.07) is 11.8. The smallest absolute Gasteiger partial charge is 0.340 e. The summed E-state index contributed by atoms with van der Waals surface area (Å²) in [5, 5.41) is 13.9. The molecular formula is C21H21N3O6S. The first-order valence-electron chi connectivity index (χ1n) is 8.99. The van der Waals surface area contributed by atoms with E-state index in [1.807, 2.05) is 6.07 Å². The third kappa shape index (κ3) is 6.65. The van der Waals surface area contributed by atoms with Crippen LogP contribution in [0.25, 0.3) is 0 Å². The number of nitriles is 1. The Labute approximate surface area is 183 Å². The third-order valence-corrected chi connectivity index (χ3v) is 4.78. The van der Waals surface area contributed by atoms with Crippen LogP contribution in [0.15, 0.2) is 41.3 Å². The molecule has 0 atom stereocenters. The Morgan fingerprint density at radius 1 is 1.03 bits per heavy atom. The average Bonchev–Trinajstić information content (AvgIpc) is 2.76. The van der Waals surface area contributed by atoms with Crippen LogP contribution in [-0.2, 0) is 14.3 Å². The van der Waals surface area contributed by atoms with Crippen LogP contribution in [0.3, 0.4) is 0 Å². The van der Waals surface area contributed by atoms with Crippen molar-refractivity contribution in [2.75, 3.05) is 37.2 Å². The molecule has 0 aliphatic rings. The van der Waals surface area contributed by atoms with Gasteiger partial charge in [0.1, 0.15) is 0 Å². The number of rotatable bonds is 9. The highest BCUT2D eigenvalue weighted by Gasteiger charge is 2.20. The molecule has 2 aromatic carbocycles. The normalized spacial score (nSPS) is 9.87. The molecular weight excluding hydrogens is 422 g/mol. The molecule has 0 aliphatic heterocycles. The van der Waals surface area contributed by atoms with E-state index < -0.39 is 24.4 Å². The molecule has 2 aromatic rings. The van der Waals surface area contributed by atoms with E-state index in [-0.39, 0.29) is 22.8 Å². The van der Waals surface area contributed by atoms with Gasteiger partial charge in [-0.15, -0.1) is 11.8 Å². The quantitative estimate of drug-likeness (QED) is 0.447. The van der Waals surface area contributed by atoms with Gasteiger partial charge in [0.05, 0.1) is 43.0 Å². The number of nitrogens with zero attached hydrogens (tertiary/aromatic N) is 1. The number of thioether (sulfide) groups is 1. The van der Waals surface area contributed by atoms with Crippen molar-refractivity contribution >= 4 is 40.9 Å². The van der Waals surface area contributed by atoms with Crippen molar-refractivity contribution in [2.45, 2.75) is 11.8 Å². The van der Waals surface area contributed by atoms with E-state index in [0.29, 0.717) is 11.4 Å². The van der Waals surface area contributed by atoms with Crippen LogP contribution in [0.4, 0.5) is 11.4 Å². The second-order valence-corrected chi connectivity index (χ2v) is 7.02. The van der Waals surface area contributed by atoms with Crippen LogP contribution in [0.1, 0.15) is 17.3 Å². The van der Waals surface area contributed by atoms with Gasteiger partial charge in [0, 0.05) is 24.0 Å². The summed E-state index contributed by atoms with van der Waals surface area (Å²) in [6.07, 6.45) is 0. The summed E-state index contributed by atoms with van der Waals surface area (Å²) in [7, 11) is 2.82. The number of ether oxygens (including phenoxy) is 3. The van der Waals surface area contributed by atoms with Gasteiger partial charge in [0.25, 0.3) is 5.91 Å². The van der Waals surface area contributed by atoms with Gasteiger partial charge >= 0.3 is 5.97 Å². The van der Waals surface area contributed by atoms with Crippen molar-refractivity contribution in [3.63, 3.8) is 0 Å². The predicted octanol–water partition coefficient (Wildman–Crippen LogP) is 3.07. The summed E-state index contributed by atoms with van der Waals surface area (Å²) in [6.45, 7) is 0.741. The van der Waals surface area contributed by atoms with Crippen LogP contribution >= 0.6 is 11.8 Å². The number of para-hydroxylation sites is 1. The van der Waals surface area contributed by atoms with Crippen LogP contribution < -0.4 is 20.1 Å². The summed E-state index contributed by atoms with van der Waals surface area (Å²) in [4.78, 5) is 37.1. The maximum atomic E-state index is 12.6. The van der Waals surface area contributed by atoms with E-state index in [1.165, 1.54) is 45.0 Å². The number of nitrogens with one attached hydrogen (secondary N) is 2. The van der Waals surface area contributed by atoms with Crippen LogP contribution in [0, 0.1) is 11.3 Å². The fourth-order valence-electron chi connectivity index (χ4n) is 2.54. The monoisotopic (exact) mass is 443 g/mol. The van der Waals surface area contributed by atoms with E-state index in [1.54, 1.807) is 24.3 Å². The van der Waals surface area contributed by atoms with E-state index in [4.69, 9.17) is 19.5 Å². The molecule has 0 saturated carbocycles. The minimum Gasteiger partial charge on any atom is -0.493 e. The van der Waals surface area contributed by atoms with Crippen LogP contribution in [0.2, 0.25) is 0 Å². The van der Waals surface area contributed by atoms with Crippen molar-refractivity contribution in [1.82, 2.24) is 0 Å². The fourth-order valence-corrected chi connectivity index (χ4v) is 3.21. The highest BCUT2D eigenvalue weighted by Crippen LogP contribution is 2.34. The number of hydrogen-bond donors (Lipinski definition) is 2. The van der Waals surface area contributed by atoms with E-state index in [2.05, 4.69) is 10.6 Å². The molecule has 0 aliphatic carbocycles. The summed E-state index contributed by atoms with van der Waals surface area (Å²) >= 11 is 1.28. The average molecular weight is 443 g/mol. The highest BCUT2D eigenvalue weighted by atomic mass is 32.2. The van der Waals surface area contributed by atoms with Gasteiger partial charge in [-0.3, -0.25) is 9.59 Å². The second-order valence-electron chi connectivity index (χ2n) is 6.00. The van der Waals surface area contributed by atoms with Crippen molar-refractivity contribution in [2.24, 2.45) is 0 Å². The third-order valence-electron chi connectivity index (χ3n) is 3.84. The second kappa shape index (κ2) is 11.5. The van der Waals surface area contributed by atoms with Crippen molar-refractivity contribution in [1.29, 1.82) is 5.26 Å². The fraction of sp³-hybridized carbons (Fsp3) is 0.238. The first-order chi connectivity index (χ1) is 14.9. The van der Waals surface area contributed by atoms with E-state index in [9.17, 15) is 14.4 Å². The lowest BCUT2D eigenvalue weighted by Gasteiger charge is -2.15. The van der Waals surface area contributed by atoms with Crippen molar-refractivity contribution < 1.29 is 28.6 Å². The van der Waals surface area contributed by atoms with Crippen molar-refractivity contribution in [3.05, 3.63) is 42.0 Å². The molecule has 0 spiro atoms. The van der Waals surface area contributed by atoms with Gasteiger partial charge in [-0.05, 0) is 12.1 Å². The standard InChI is InChI=1S/C21H21N3O6S/c1-13(25)23-16-11-18(29-3)17(28-2)10-14(16)21(27)30-12-20(26)24-15-6-4-5-7-19(15)31-9-8-22/h4-7,10-11H,9,12H2,1-3H3,(H,23,25)(H,24,26). The van der Waals surface area contributed by atoms with Crippen molar-refractivity contribution in [3.8, 4) is 17.6 Å². The maximum Gasteiger partial charge on any atom is 0.340 e. The zero-order valence-corrected chi connectivity index (χ0v) is 18.0. The molecule has 10 heteroatoms. The Hall–Kier alpha value is -3.71. The molecule has 2 amide bonds. The summed E-state index contributed by atoms with van der Waals surface area (Å²) in [5.41, 5.74) is 0.674. The summed E-state index contributed by atoms with van der Waals surface area (Å²) in [5.74, 6) is -0.978. The maximum absolute atomic E-state index is 12.6. The summed E-state index contributed by atoms with van der Waals surface area (Å²) < 4.78 is 15.5. The largest absolute Gasteiger partial charge is 0.493 e. The first-order valence-corrected chi connectivity index (χ1v) is 9.97. The molecule has 2 rings (SSSR count). The molecule has 0 radical (unpaired) electrons. The minimum atomic E-state index is -0.827. The van der Waals surface area contributed by atoms with Gasteiger partial charge in [0.15, 0.2) is 18.1 Å². The molecule has 2 N–H and O–H groups in total. The lowest BCUT2D eigenvalue weighted by Crippen LogP contribution is -2.22. The molecule has 0 unspecified atom stereocenters. The predicted molar refractivity (Wildman–Crippen MR) is 116 cm³/mol. The number of carbonyl (C=O) groups is 3. The number of carbonyl (C=O) groups excluding carboxylic acids is 3. The van der Waals surface area contributed by atoms with Gasteiger partial charge < -0.3 is 24.8 Å². The molecule has 31 heavy (non-hydrogen) atoms. The van der Waals surface area contributed by atoms with Crippen LogP contribution in [0.5, 0.6) is 11.5 Å². The number of esters is 1. The number of anilines is 2. The van der Waals surface area contributed by atoms with Gasteiger partial charge in [-0.1, -0.05) is 12.1 Å². The van der Waals surface area contributed by atoms with E-state index in [0.717, 1.165) is 4.90 Å². The molecule has 0 heterocycles. The molecule has 9 nitrogen and oxygen atoms in total. The highest BCUT2D eigenvalue weighted by molar-refractivity contribution is 7.99. The zero-order valence-electron chi connectivity index (χ0n) is 17.2. The van der Waals surface area contributed by atoms with Crippen LogP contribution in [-0.4, -0.2) is 44.4 Å². The molecule has 0 saturated heterocycles. The molecule has 0 aromatic heterocycles. The Balaban J connectivity index is 2.12. The lowest BCUT2D eigenvalue weighted by atomic mass is 10.1. The molecule has 0 bridgehead atoms. The number of methoxy groups -OCH3 is 2. The van der Waals surface area contributed by atoms with Gasteiger partial charge in [0.2, 0.25) is 5.91 Å². The number of amides is 2.